The van der Waals surface area contributed by atoms with Crippen LogP contribution in [0.5, 0.6) is 0 Å². The summed E-state index contributed by atoms with van der Waals surface area (Å²) in [6.45, 7) is 0. The Morgan fingerprint density at radius 1 is 1.05 bits per heavy atom. The second-order valence-electron chi connectivity index (χ2n) is 3.41. The van der Waals surface area contributed by atoms with Crippen LogP contribution in [0.15, 0.2) is 12.1 Å². The van der Waals surface area contributed by atoms with Crippen molar-refractivity contribution in [2.24, 2.45) is 5.73 Å². The molecule has 0 saturated carbocycles. The van der Waals surface area contributed by atoms with Gasteiger partial charge in [0.1, 0.15) is 0 Å². The number of nitrogens with zero attached hydrogens (tertiary/aromatic N) is 1. The molecule has 0 fully saturated rings. The minimum absolute atomic E-state index is 0.0388. The normalized spacial score (nSPS) is 12.1. The monoisotopic (exact) mass is 282 g/mol. The number of primary amides is 1. The van der Waals surface area contributed by atoms with Crippen LogP contribution in [0.2, 0.25) is 0 Å². The summed E-state index contributed by atoms with van der Waals surface area (Å²) in [7, 11) is 0. The number of nitrogens with two attached hydrogens (primary N) is 1. The molecule has 0 radical (unpaired) electrons. The molecule has 1 rings (SSSR count). The maximum atomic E-state index is 12.6. The number of carbonyl (C=O) groups excluding carboxylic acids is 1. The van der Waals surface area contributed by atoms with Gasteiger partial charge < -0.3 is 5.73 Å². The van der Waals surface area contributed by atoms with Gasteiger partial charge in [0.2, 0.25) is 5.91 Å². The Balaban J connectivity index is 3.73. The molecule has 102 valence electrons. The van der Waals surface area contributed by atoms with Crippen LogP contribution < -0.4 is 5.73 Å². The van der Waals surface area contributed by atoms with Gasteiger partial charge >= 0.3 is 12.4 Å². The molecule has 1 aromatic carbocycles. The molecule has 0 aliphatic rings. The number of halogens is 6. The van der Waals surface area contributed by atoms with Gasteiger partial charge in [-0.25, -0.2) is 0 Å². The molecule has 0 bridgehead atoms. The van der Waals surface area contributed by atoms with E-state index in [0.29, 0.717) is 0 Å². The van der Waals surface area contributed by atoms with Crippen LogP contribution in [-0.2, 0) is 12.4 Å². The number of alkyl halides is 6. The molecule has 0 aliphatic carbocycles. The summed E-state index contributed by atoms with van der Waals surface area (Å²) in [4.78, 5) is 10.8. The highest BCUT2D eigenvalue weighted by atomic mass is 19.4. The van der Waals surface area contributed by atoms with E-state index in [-0.39, 0.29) is 12.1 Å². The van der Waals surface area contributed by atoms with E-state index in [2.05, 4.69) is 5.73 Å². The van der Waals surface area contributed by atoms with E-state index in [4.69, 9.17) is 5.26 Å². The molecule has 0 saturated heterocycles. The predicted octanol–water partition coefficient (Wildman–Crippen LogP) is 2.69. The maximum Gasteiger partial charge on any atom is 0.417 e. The number of rotatable bonds is 1. The van der Waals surface area contributed by atoms with E-state index in [1.165, 1.54) is 0 Å². The molecular formula is C10H4F6N2O. The van der Waals surface area contributed by atoms with Crippen molar-refractivity contribution in [3.05, 3.63) is 34.4 Å². The molecule has 1 aromatic rings. The van der Waals surface area contributed by atoms with E-state index in [1.54, 1.807) is 0 Å². The van der Waals surface area contributed by atoms with Gasteiger partial charge in [0.05, 0.1) is 28.3 Å². The maximum absolute atomic E-state index is 12.6. The Morgan fingerprint density at radius 3 is 1.84 bits per heavy atom. The summed E-state index contributed by atoms with van der Waals surface area (Å²) in [6, 6.07) is 0.904. The van der Waals surface area contributed by atoms with E-state index < -0.39 is 40.5 Å². The summed E-state index contributed by atoms with van der Waals surface area (Å²) in [6.07, 6.45) is -10.2. The zero-order valence-corrected chi connectivity index (χ0v) is 8.86. The van der Waals surface area contributed by atoms with Crippen molar-refractivity contribution in [1.29, 1.82) is 5.26 Å². The molecule has 2 N–H and O–H groups in total. The molecule has 0 aromatic heterocycles. The summed E-state index contributed by atoms with van der Waals surface area (Å²) in [5.41, 5.74) is -1.26. The highest BCUT2D eigenvalue weighted by molar-refractivity contribution is 5.95. The lowest BCUT2D eigenvalue weighted by Gasteiger charge is -2.15. The van der Waals surface area contributed by atoms with Crippen molar-refractivity contribution in [3.8, 4) is 6.07 Å². The summed E-state index contributed by atoms with van der Waals surface area (Å²) in [5.74, 6) is -1.66. The van der Waals surface area contributed by atoms with Crippen LogP contribution in [0.25, 0.3) is 0 Å². The number of carbonyl (C=O) groups is 1. The number of nitriles is 1. The summed E-state index contributed by atoms with van der Waals surface area (Å²) >= 11 is 0. The van der Waals surface area contributed by atoms with Crippen molar-refractivity contribution < 1.29 is 31.1 Å². The van der Waals surface area contributed by atoms with Gasteiger partial charge in [0.15, 0.2) is 0 Å². The number of hydrogen-bond acceptors (Lipinski definition) is 2. The smallest absolute Gasteiger partial charge is 0.366 e. The lowest BCUT2D eigenvalue weighted by Crippen LogP contribution is -2.21. The minimum atomic E-state index is -5.10. The third-order valence-electron chi connectivity index (χ3n) is 2.15. The Hall–Kier alpha value is -2.24. The number of amides is 1. The first kappa shape index (κ1) is 14.8. The molecule has 0 heterocycles. The predicted molar refractivity (Wildman–Crippen MR) is 49.7 cm³/mol. The highest BCUT2D eigenvalue weighted by Crippen LogP contribution is 2.38. The van der Waals surface area contributed by atoms with Crippen LogP contribution >= 0.6 is 0 Å². The van der Waals surface area contributed by atoms with Gasteiger partial charge in [-0.2, -0.15) is 31.6 Å². The van der Waals surface area contributed by atoms with Crippen LogP contribution in [0.4, 0.5) is 26.3 Å². The first-order valence-electron chi connectivity index (χ1n) is 4.51. The third-order valence-corrected chi connectivity index (χ3v) is 2.15. The topological polar surface area (TPSA) is 66.9 Å². The molecule has 0 atom stereocenters. The lowest BCUT2D eigenvalue weighted by molar-refractivity contribution is -0.141. The quantitative estimate of drug-likeness (QED) is 0.805. The van der Waals surface area contributed by atoms with Crippen molar-refractivity contribution in [2.45, 2.75) is 12.4 Å². The van der Waals surface area contributed by atoms with Gasteiger partial charge in [-0.1, -0.05) is 0 Å². The van der Waals surface area contributed by atoms with Crippen molar-refractivity contribution in [1.82, 2.24) is 0 Å². The standard InChI is InChI=1S/C10H4F6N2O/c11-9(12,13)6-2-5(8(18)19)7(10(14,15)16)1-4(6)3-17/h1-2H,(H2,18,19). The van der Waals surface area contributed by atoms with E-state index in [1.807, 2.05) is 0 Å². The Bertz CT molecular complexity index is 567. The fourth-order valence-corrected chi connectivity index (χ4v) is 1.37. The molecule has 3 nitrogen and oxygen atoms in total. The second-order valence-corrected chi connectivity index (χ2v) is 3.41. The van der Waals surface area contributed by atoms with E-state index in [9.17, 15) is 31.1 Å². The molecule has 0 aliphatic heterocycles. The van der Waals surface area contributed by atoms with Gasteiger partial charge in [-0.3, -0.25) is 4.79 Å². The van der Waals surface area contributed by atoms with Crippen LogP contribution in [-0.4, -0.2) is 5.91 Å². The highest BCUT2D eigenvalue weighted by Gasteiger charge is 2.40. The van der Waals surface area contributed by atoms with Crippen molar-refractivity contribution >= 4 is 5.91 Å². The first-order valence-corrected chi connectivity index (χ1v) is 4.51. The fourth-order valence-electron chi connectivity index (χ4n) is 1.37. The largest absolute Gasteiger partial charge is 0.417 e. The van der Waals surface area contributed by atoms with Crippen LogP contribution in [0.1, 0.15) is 27.0 Å². The number of hydrogen-bond donors (Lipinski definition) is 1. The third kappa shape index (κ3) is 2.96. The molecule has 9 heteroatoms. The van der Waals surface area contributed by atoms with Gasteiger partial charge in [0, 0.05) is 0 Å². The fraction of sp³-hybridized carbons (Fsp3) is 0.200. The average molecular weight is 282 g/mol. The lowest BCUT2D eigenvalue weighted by atomic mass is 9.97. The van der Waals surface area contributed by atoms with Gasteiger partial charge in [-0.15, -0.1) is 0 Å². The molecule has 1 amide bonds. The molecule has 0 unspecified atom stereocenters. The number of benzene rings is 1. The summed E-state index contributed by atoms with van der Waals surface area (Å²) < 4.78 is 75.2. The van der Waals surface area contributed by atoms with Gasteiger partial charge in [0.25, 0.3) is 0 Å². The van der Waals surface area contributed by atoms with Crippen LogP contribution in [0, 0.1) is 11.3 Å². The first-order chi connectivity index (χ1) is 8.48. The SMILES string of the molecule is N#Cc1cc(C(F)(F)F)c(C(N)=O)cc1C(F)(F)F. The van der Waals surface area contributed by atoms with Crippen molar-refractivity contribution in [2.75, 3.05) is 0 Å². The Morgan fingerprint density at radius 2 is 1.53 bits per heavy atom. The average Bonchev–Trinajstić information content (AvgIpc) is 2.24. The Kier molecular flexibility index (Phi) is 3.48. The zero-order valence-electron chi connectivity index (χ0n) is 8.86. The molecule has 19 heavy (non-hydrogen) atoms. The second kappa shape index (κ2) is 4.46. The minimum Gasteiger partial charge on any atom is -0.366 e. The van der Waals surface area contributed by atoms with E-state index in [0.717, 1.165) is 6.07 Å². The zero-order chi connectivity index (χ0) is 15.0. The molecule has 0 spiro atoms. The van der Waals surface area contributed by atoms with Gasteiger partial charge in [-0.05, 0) is 12.1 Å². The van der Waals surface area contributed by atoms with E-state index >= 15 is 0 Å². The molecular weight excluding hydrogens is 278 g/mol. The summed E-state index contributed by atoms with van der Waals surface area (Å²) in [5, 5.41) is 8.47. The van der Waals surface area contributed by atoms with Crippen LogP contribution in [0.3, 0.4) is 0 Å². The Labute approximate surface area is 102 Å². The van der Waals surface area contributed by atoms with Crippen molar-refractivity contribution in [3.63, 3.8) is 0 Å².